The van der Waals surface area contributed by atoms with Crippen molar-refractivity contribution >= 4 is 5.91 Å². The second kappa shape index (κ2) is 5.57. The number of nitrogens with two attached hydrogens (primary N) is 1. The lowest BCUT2D eigenvalue weighted by Gasteiger charge is -2.35. The number of carbonyl (C=O) groups is 1. The molecule has 3 nitrogen and oxygen atoms in total. The third-order valence-corrected chi connectivity index (χ3v) is 3.98. The van der Waals surface area contributed by atoms with E-state index < -0.39 is 0 Å². The van der Waals surface area contributed by atoms with Gasteiger partial charge in [0.1, 0.15) is 0 Å². The Morgan fingerprint density at radius 2 is 1.80 bits per heavy atom. The average Bonchev–Trinajstić information content (AvgIpc) is 2.36. The normalized spacial score (nSPS) is 23.8. The summed E-state index contributed by atoms with van der Waals surface area (Å²) >= 11 is 0. The number of carbonyl (C=O) groups excluding carboxylic acids is 1. The number of benzene rings is 1. The van der Waals surface area contributed by atoms with E-state index in [9.17, 15) is 4.79 Å². The molecule has 1 heterocycles. The van der Waals surface area contributed by atoms with Gasteiger partial charge < -0.3 is 10.6 Å². The van der Waals surface area contributed by atoms with Gasteiger partial charge >= 0.3 is 0 Å². The van der Waals surface area contributed by atoms with Gasteiger partial charge in [-0.05, 0) is 35.4 Å². The zero-order valence-electron chi connectivity index (χ0n) is 13.0. The topological polar surface area (TPSA) is 46.3 Å². The van der Waals surface area contributed by atoms with Gasteiger partial charge in [-0.3, -0.25) is 4.79 Å². The molecule has 1 fully saturated rings. The molecule has 2 unspecified atom stereocenters. The molecule has 1 aromatic carbocycles. The van der Waals surface area contributed by atoms with E-state index in [-0.39, 0.29) is 17.4 Å². The van der Waals surface area contributed by atoms with Crippen LogP contribution in [0.3, 0.4) is 0 Å². The summed E-state index contributed by atoms with van der Waals surface area (Å²) in [4.78, 5) is 14.4. The average molecular weight is 274 g/mol. The first-order valence-electron chi connectivity index (χ1n) is 7.43. The Bertz CT molecular complexity index is 463. The Balaban J connectivity index is 2.13. The van der Waals surface area contributed by atoms with Gasteiger partial charge in [0.15, 0.2) is 0 Å². The third-order valence-electron chi connectivity index (χ3n) is 3.98. The molecule has 2 atom stereocenters. The Labute approximate surface area is 122 Å². The molecule has 0 aliphatic carbocycles. The molecule has 0 bridgehead atoms. The quantitative estimate of drug-likeness (QED) is 0.856. The van der Waals surface area contributed by atoms with E-state index >= 15 is 0 Å². The molecule has 2 N–H and O–H groups in total. The minimum absolute atomic E-state index is 0.104. The first-order chi connectivity index (χ1) is 9.27. The van der Waals surface area contributed by atoms with Gasteiger partial charge in [0, 0.05) is 24.7 Å². The maximum Gasteiger partial charge on any atom is 0.253 e. The van der Waals surface area contributed by atoms with Crippen molar-refractivity contribution in [2.45, 2.75) is 45.6 Å². The van der Waals surface area contributed by atoms with Gasteiger partial charge in [-0.15, -0.1) is 0 Å². The van der Waals surface area contributed by atoms with E-state index in [1.165, 1.54) is 5.56 Å². The maximum atomic E-state index is 12.5. The number of hydrogen-bond donors (Lipinski definition) is 1. The van der Waals surface area contributed by atoms with Crippen molar-refractivity contribution in [1.29, 1.82) is 0 Å². The minimum Gasteiger partial charge on any atom is -0.337 e. The van der Waals surface area contributed by atoms with Crippen LogP contribution in [0, 0.1) is 5.92 Å². The van der Waals surface area contributed by atoms with Crippen molar-refractivity contribution in [2.75, 3.05) is 13.1 Å². The van der Waals surface area contributed by atoms with Crippen LogP contribution >= 0.6 is 0 Å². The first-order valence-corrected chi connectivity index (χ1v) is 7.43. The van der Waals surface area contributed by atoms with E-state index in [0.717, 1.165) is 18.5 Å². The molecule has 2 rings (SSSR count). The van der Waals surface area contributed by atoms with Crippen LogP contribution in [0.4, 0.5) is 0 Å². The van der Waals surface area contributed by atoms with Crippen molar-refractivity contribution in [2.24, 2.45) is 11.7 Å². The molecular weight excluding hydrogens is 248 g/mol. The highest BCUT2D eigenvalue weighted by Crippen LogP contribution is 2.23. The van der Waals surface area contributed by atoms with Crippen molar-refractivity contribution in [3.05, 3.63) is 35.4 Å². The molecule has 20 heavy (non-hydrogen) atoms. The second-order valence-corrected chi connectivity index (χ2v) is 7.14. The van der Waals surface area contributed by atoms with Crippen molar-refractivity contribution in [1.82, 2.24) is 4.90 Å². The fourth-order valence-electron chi connectivity index (χ4n) is 2.86. The van der Waals surface area contributed by atoms with Crippen molar-refractivity contribution in [3.63, 3.8) is 0 Å². The van der Waals surface area contributed by atoms with Crippen LogP contribution in [0.2, 0.25) is 0 Å². The number of likely N-dealkylation sites (tertiary alicyclic amines) is 1. The minimum atomic E-state index is 0.104. The fraction of sp³-hybridized carbons (Fsp3) is 0.588. The summed E-state index contributed by atoms with van der Waals surface area (Å²) < 4.78 is 0. The largest absolute Gasteiger partial charge is 0.337 e. The summed E-state index contributed by atoms with van der Waals surface area (Å²) in [5.74, 6) is 0.587. The van der Waals surface area contributed by atoms with Gasteiger partial charge in [-0.1, -0.05) is 39.8 Å². The Kier molecular flexibility index (Phi) is 4.19. The number of rotatable bonds is 1. The van der Waals surface area contributed by atoms with Gasteiger partial charge in [0.2, 0.25) is 0 Å². The molecule has 3 heteroatoms. The molecule has 1 saturated heterocycles. The Morgan fingerprint density at radius 3 is 2.30 bits per heavy atom. The summed E-state index contributed by atoms with van der Waals surface area (Å²) in [6.45, 7) is 10.2. The van der Waals surface area contributed by atoms with Crippen molar-refractivity contribution in [3.8, 4) is 0 Å². The van der Waals surface area contributed by atoms with Gasteiger partial charge in [-0.25, -0.2) is 0 Å². The molecule has 0 saturated carbocycles. The molecular formula is C17H26N2O. The lowest BCUT2D eigenvalue weighted by molar-refractivity contribution is 0.0661. The lowest BCUT2D eigenvalue weighted by atomic mass is 9.86. The van der Waals surface area contributed by atoms with E-state index in [4.69, 9.17) is 5.73 Å². The molecule has 1 amide bonds. The van der Waals surface area contributed by atoms with E-state index in [1.807, 2.05) is 17.0 Å². The van der Waals surface area contributed by atoms with Crippen LogP contribution in [0.1, 0.15) is 50.0 Å². The van der Waals surface area contributed by atoms with Gasteiger partial charge in [0.05, 0.1) is 0 Å². The number of piperidine rings is 1. The van der Waals surface area contributed by atoms with Gasteiger partial charge in [0.25, 0.3) is 5.91 Å². The smallest absolute Gasteiger partial charge is 0.253 e. The third kappa shape index (κ3) is 3.40. The highest BCUT2D eigenvalue weighted by molar-refractivity contribution is 5.94. The Morgan fingerprint density at radius 1 is 1.20 bits per heavy atom. The van der Waals surface area contributed by atoms with Gasteiger partial charge in [-0.2, -0.15) is 0 Å². The summed E-state index contributed by atoms with van der Waals surface area (Å²) in [6.07, 6.45) is 1.01. The highest BCUT2D eigenvalue weighted by atomic mass is 16.2. The zero-order valence-corrected chi connectivity index (χ0v) is 13.0. The second-order valence-electron chi connectivity index (χ2n) is 7.14. The molecule has 1 aliphatic rings. The molecule has 0 aromatic heterocycles. The summed E-state index contributed by atoms with van der Waals surface area (Å²) in [5, 5.41) is 0. The number of amides is 1. The van der Waals surface area contributed by atoms with E-state index in [2.05, 4.69) is 39.8 Å². The van der Waals surface area contributed by atoms with Crippen LogP contribution in [-0.4, -0.2) is 29.9 Å². The van der Waals surface area contributed by atoms with E-state index in [0.29, 0.717) is 12.5 Å². The molecule has 1 aliphatic heterocycles. The fourth-order valence-corrected chi connectivity index (χ4v) is 2.86. The summed E-state index contributed by atoms with van der Waals surface area (Å²) in [5.41, 5.74) is 8.14. The lowest BCUT2D eigenvalue weighted by Crippen LogP contribution is -2.48. The maximum absolute atomic E-state index is 12.5. The zero-order chi connectivity index (χ0) is 14.9. The molecule has 0 spiro atoms. The van der Waals surface area contributed by atoms with Crippen molar-refractivity contribution < 1.29 is 4.79 Å². The molecule has 1 aromatic rings. The Hall–Kier alpha value is -1.35. The van der Waals surface area contributed by atoms with Crippen LogP contribution in [0.25, 0.3) is 0 Å². The number of hydrogen-bond acceptors (Lipinski definition) is 2. The molecule has 110 valence electrons. The van der Waals surface area contributed by atoms with Crippen LogP contribution < -0.4 is 5.73 Å². The summed E-state index contributed by atoms with van der Waals surface area (Å²) in [7, 11) is 0. The highest BCUT2D eigenvalue weighted by Gasteiger charge is 2.26. The predicted molar refractivity (Wildman–Crippen MR) is 82.8 cm³/mol. The first kappa shape index (κ1) is 15.0. The van der Waals surface area contributed by atoms with Crippen LogP contribution in [0.5, 0.6) is 0 Å². The SMILES string of the molecule is CC1CC(N)CN(C(=O)c2ccc(C(C)(C)C)cc2)C1. The summed E-state index contributed by atoms with van der Waals surface area (Å²) in [6, 6.07) is 8.10. The van der Waals surface area contributed by atoms with Crippen LogP contribution in [0.15, 0.2) is 24.3 Å². The standard InChI is InChI=1S/C17H26N2O/c1-12-9-15(18)11-19(10-12)16(20)13-5-7-14(8-6-13)17(2,3)4/h5-8,12,15H,9-11,18H2,1-4H3. The van der Waals surface area contributed by atoms with Crippen LogP contribution in [-0.2, 0) is 5.41 Å². The monoisotopic (exact) mass is 274 g/mol. The number of nitrogens with zero attached hydrogens (tertiary/aromatic N) is 1. The predicted octanol–water partition coefficient (Wildman–Crippen LogP) is 2.79. The molecule has 0 radical (unpaired) electrons. The van der Waals surface area contributed by atoms with E-state index in [1.54, 1.807) is 0 Å².